The zero-order valence-corrected chi connectivity index (χ0v) is 12.8. The second-order valence-electron chi connectivity index (χ2n) is 5.34. The minimum absolute atomic E-state index is 0.0289. The summed E-state index contributed by atoms with van der Waals surface area (Å²) in [4.78, 5) is 26.8. The highest BCUT2D eigenvalue weighted by molar-refractivity contribution is 6.04. The Kier molecular flexibility index (Phi) is 4.03. The maximum Gasteiger partial charge on any atom is 0.433 e. The van der Waals surface area contributed by atoms with Crippen LogP contribution in [0, 0.1) is 6.92 Å². The Balaban J connectivity index is 1.85. The van der Waals surface area contributed by atoms with Crippen LogP contribution in [0.15, 0.2) is 51.8 Å². The SMILES string of the molecule is Cc1cc(=O)oc2cc(NC(=O)c3ccc(C(F)(F)F)nc3)ccc12. The molecule has 0 saturated heterocycles. The van der Waals surface area contributed by atoms with Gasteiger partial charge in [-0.25, -0.2) is 4.79 Å². The minimum atomic E-state index is -4.57. The van der Waals surface area contributed by atoms with Crippen molar-refractivity contribution >= 4 is 22.6 Å². The lowest BCUT2D eigenvalue weighted by molar-refractivity contribution is -0.141. The van der Waals surface area contributed by atoms with Crippen LogP contribution >= 0.6 is 0 Å². The molecule has 0 fully saturated rings. The van der Waals surface area contributed by atoms with Gasteiger partial charge in [-0.3, -0.25) is 9.78 Å². The Hall–Kier alpha value is -3.16. The predicted molar refractivity (Wildman–Crippen MR) is 84.4 cm³/mol. The number of amides is 1. The molecule has 0 atom stereocenters. The number of alkyl halides is 3. The van der Waals surface area contributed by atoms with Gasteiger partial charge in [0.15, 0.2) is 0 Å². The molecule has 2 aromatic heterocycles. The Bertz CT molecular complexity index is 1010. The lowest BCUT2D eigenvalue weighted by Gasteiger charge is -2.08. The van der Waals surface area contributed by atoms with E-state index in [2.05, 4.69) is 10.3 Å². The van der Waals surface area contributed by atoms with Crippen molar-refractivity contribution in [2.75, 3.05) is 5.32 Å². The van der Waals surface area contributed by atoms with Gasteiger partial charge >= 0.3 is 11.8 Å². The molecule has 0 spiro atoms. The summed E-state index contributed by atoms with van der Waals surface area (Å²) < 4.78 is 42.5. The molecule has 0 bridgehead atoms. The first-order valence-corrected chi connectivity index (χ1v) is 7.13. The number of hydrogen-bond acceptors (Lipinski definition) is 4. The lowest BCUT2D eigenvalue weighted by atomic mass is 10.1. The van der Waals surface area contributed by atoms with Gasteiger partial charge in [0.1, 0.15) is 11.3 Å². The van der Waals surface area contributed by atoms with E-state index in [1.165, 1.54) is 12.1 Å². The Morgan fingerprint density at radius 1 is 1.16 bits per heavy atom. The molecule has 1 aromatic carbocycles. The zero-order valence-electron chi connectivity index (χ0n) is 12.8. The normalized spacial score (nSPS) is 11.5. The topological polar surface area (TPSA) is 72.2 Å². The van der Waals surface area contributed by atoms with Crippen molar-refractivity contribution in [3.63, 3.8) is 0 Å². The molecule has 1 amide bonds. The van der Waals surface area contributed by atoms with Crippen LogP contribution < -0.4 is 10.9 Å². The van der Waals surface area contributed by atoms with E-state index in [-0.39, 0.29) is 5.56 Å². The van der Waals surface area contributed by atoms with E-state index < -0.39 is 23.4 Å². The van der Waals surface area contributed by atoms with Crippen molar-refractivity contribution in [3.05, 3.63) is 69.8 Å². The number of carbonyl (C=O) groups excluding carboxylic acids is 1. The highest BCUT2D eigenvalue weighted by Gasteiger charge is 2.32. The standard InChI is InChI=1S/C17H11F3N2O3/c1-9-6-15(23)25-13-7-11(3-4-12(9)13)22-16(24)10-2-5-14(21-8-10)17(18,19)20/h2-8H,1H3,(H,22,24). The summed E-state index contributed by atoms with van der Waals surface area (Å²) in [6.45, 7) is 1.76. The summed E-state index contributed by atoms with van der Waals surface area (Å²) in [6, 6.07) is 7.88. The van der Waals surface area contributed by atoms with Crippen LogP contribution in [-0.2, 0) is 6.18 Å². The maximum absolute atomic E-state index is 12.5. The summed E-state index contributed by atoms with van der Waals surface area (Å²) >= 11 is 0. The van der Waals surface area contributed by atoms with Gasteiger partial charge in [0, 0.05) is 29.4 Å². The van der Waals surface area contributed by atoms with Crippen molar-refractivity contribution < 1.29 is 22.4 Å². The van der Waals surface area contributed by atoms with Gasteiger partial charge in [-0.15, -0.1) is 0 Å². The Morgan fingerprint density at radius 3 is 2.56 bits per heavy atom. The van der Waals surface area contributed by atoms with E-state index in [0.29, 0.717) is 16.7 Å². The molecule has 0 aliphatic carbocycles. The molecule has 8 heteroatoms. The number of carbonyl (C=O) groups is 1. The molecule has 3 aromatic rings. The predicted octanol–water partition coefficient (Wildman–Crippen LogP) is 3.77. The molecule has 128 valence electrons. The largest absolute Gasteiger partial charge is 0.433 e. The number of rotatable bonds is 2. The fraction of sp³-hybridized carbons (Fsp3) is 0.118. The first-order valence-electron chi connectivity index (χ1n) is 7.13. The van der Waals surface area contributed by atoms with Crippen LogP contribution in [-0.4, -0.2) is 10.9 Å². The summed E-state index contributed by atoms with van der Waals surface area (Å²) in [5.41, 5.74) is -0.248. The lowest BCUT2D eigenvalue weighted by Crippen LogP contribution is -2.14. The van der Waals surface area contributed by atoms with E-state index in [0.717, 1.165) is 23.9 Å². The van der Waals surface area contributed by atoms with Gasteiger partial charge in [-0.1, -0.05) is 0 Å². The summed E-state index contributed by atoms with van der Waals surface area (Å²) in [5.74, 6) is -0.629. The molecule has 5 nitrogen and oxygen atoms in total. The summed E-state index contributed by atoms with van der Waals surface area (Å²) in [7, 11) is 0. The number of benzene rings is 1. The average Bonchev–Trinajstić information content (AvgIpc) is 2.53. The second-order valence-corrected chi connectivity index (χ2v) is 5.34. The highest BCUT2D eigenvalue weighted by atomic mass is 19.4. The molecular formula is C17H11F3N2O3. The number of nitrogens with zero attached hydrogens (tertiary/aromatic N) is 1. The monoisotopic (exact) mass is 348 g/mol. The third kappa shape index (κ3) is 3.52. The van der Waals surface area contributed by atoms with Crippen molar-refractivity contribution in [1.82, 2.24) is 4.98 Å². The van der Waals surface area contributed by atoms with Crippen LogP contribution in [0.25, 0.3) is 11.0 Å². The number of pyridine rings is 1. The number of fused-ring (bicyclic) bond motifs is 1. The summed E-state index contributed by atoms with van der Waals surface area (Å²) in [5, 5.41) is 3.24. The Labute approximate surface area is 139 Å². The van der Waals surface area contributed by atoms with Gasteiger partial charge in [0.2, 0.25) is 0 Å². The molecule has 0 radical (unpaired) electrons. The number of aromatic nitrogens is 1. The van der Waals surface area contributed by atoms with Crippen molar-refractivity contribution in [1.29, 1.82) is 0 Å². The van der Waals surface area contributed by atoms with E-state index in [4.69, 9.17) is 4.42 Å². The van der Waals surface area contributed by atoms with Gasteiger partial charge in [0.25, 0.3) is 5.91 Å². The first kappa shape index (κ1) is 16.7. The molecule has 3 rings (SSSR count). The first-order chi connectivity index (χ1) is 11.7. The highest BCUT2D eigenvalue weighted by Crippen LogP contribution is 2.27. The molecular weight excluding hydrogens is 337 g/mol. The molecule has 25 heavy (non-hydrogen) atoms. The van der Waals surface area contributed by atoms with E-state index >= 15 is 0 Å². The van der Waals surface area contributed by atoms with Gasteiger partial charge < -0.3 is 9.73 Å². The number of halogens is 3. The van der Waals surface area contributed by atoms with Crippen molar-refractivity contribution in [2.45, 2.75) is 13.1 Å². The number of anilines is 1. The number of hydrogen-bond donors (Lipinski definition) is 1. The summed E-state index contributed by atoms with van der Waals surface area (Å²) in [6.07, 6.45) is -3.72. The van der Waals surface area contributed by atoms with Gasteiger partial charge in [0.05, 0.1) is 5.56 Å². The zero-order chi connectivity index (χ0) is 18.2. The second kappa shape index (κ2) is 6.04. The molecule has 0 unspecified atom stereocenters. The minimum Gasteiger partial charge on any atom is -0.423 e. The van der Waals surface area contributed by atoms with Crippen LogP contribution in [0.2, 0.25) is 0 Å². The molecule has 0 aliphatic heterocycles. The fourth-order valence-corrected chi connectivity index (χ4v) is 2.30. The van der Waals surface area contributed by atoms with Crippen LogP contribution in [0.1, 0.15) is 21.6 Å². The van der Waals surface area contributed by atoms with Crippen LogP contribution in [0.3, 0.4) is 0 Å². The van der Waals surface area contributed by atoms with E-state index in [1.807, 2.05) is 0 Å². The van der Waals surface area contributed by atoms with Crippen LogP contribution in [0.5, 0.6) is 0 Å². The van der Waals surface area contributed by atoms with Gasteiger partial charge in [-0.2, -0.15) is 13.2 Å². The number of aryl methyl sites for hydroxylation is 1. The van der Waals surface area contributed by atoms with E-state index in [1.54, 1.807) is 19.1 Å². The molecule has 0 aliphatic rings. The Morgan fingerprint density at radius 2 is 1.92 bits per heavy atom. The van der Waals surface area contributed by atoms with Crippen molar-refractivity contribution in [3.8, 4) is 0 Å². The quantitative estimate of drug-likeness (QED) is 0.716. The number of nitrogens with one attached hydrogen (secondary N) is 1. The van der Waals surface area contributed by atoms with Gasteiger partial charge in [-0.05, 0) is 36.8 Å². The van der Waals surface area contributed by atoms with E-state index in [9.17, 15) is 22.8 Å². The molecule has 1 N–H and O–H groups in total. The molecule has 0 saturated carbocycles. The average molecular weight is 348 g/mol. The van der Waals surface area contributed by atoms with Crippen molar-refractivity contribution in [2.24, 2.45) is 0 Å². The third-order valence-electron chi connectivity index (χ3n) is 3.53. The van der Waals surface area contributed by atoms with Crippen LogP contribution in [0.4, 0.5) is 18.9 Å². The molecule has 2 heterocycles. The maximum atomic E-state index is 12.5. The third-order valence-corrected chi connectivity index (χ3v) is 3.53. The fourth-order valence-electron chi connectivity index (χ4n) is 2.30. The smallest absolute Gasteiger partial charge is 0.423 e.